The molecule has 1 aromatic rings. The maximum atomic E-state index is 9.34. The number of β-amino-alcohol motifs (C(OH)–C–C–N with tert-alkyl or cyclic N) is 2. The molecule has 2 rings (SSSR count). The lowest BCUT2D eigenvalue weighted by atomic mass is 10.3. The van der Waals surface area contributed by atoms with Gasteiger partial charge in [-0.15, -0.1) is 0 Å². The molecule has 0 aromatic carbocycles. The van der Waals surface area contributed by atoms with Crippen molar-refractivity contribution in [1.82, 2.24) is 14.7 Å². The van der Waals surface area contributed by atoms with Gasteiger partial charge in [0.25, 0.3) is 0 Å². The molecule has 0 bridgehead atoms. The highest BCUT2D eigenvalue weighted by Crippen LogP contribution is 2.13. The Morgan fingerprint density at radius 3 is 2.57 bits per heavy atom. The van der Waals surface area contributed by atoms with Crippen LogP contribution in [0.1, 0.15) is 5.56 Å². The number of rotatable bonds is 2. The highest BCUT2D eigenvalue weighted by molar-refractivity contribution is 5.04. The van der Waals surface area contributed by atoms with Crippen LogP contribution in [0.3, 0.4) is 0 Å². The van der Waals surface area contributed by atoms with Gasteiger partial charge in [-0.1, -0.05) is 0 Å². The standard InChI is InChI=1S/C9H15N3O2/c1-11-3-7(2-10-11)4-12-5-8(13)9(14)6-12/h2-3,8-9,13-14H,4-6H2,1H3/t8-,9+. The average Bonchev–Trinajstić information content (AvgIpc) is 2.62. The first-order valence-corrected chi connectivity index (χ1v) is 4.71. The van der Waals surface area contributed by atoms with Gasteiger partial charge in [-0.3, -0.25) is 9.58 Å². The van der Waals surface area contributed by atoms with Crippen molar-refractivity contribution in [1.29, 1.82) is 0 Å². The Morgan fingerprint density at radius 1 is 1.43 bits per heavy atom. The molecule has 0 aliphatic carbocycles. The molecule has 2 heterocycles. The van der Waals surface area contributed by atoms with Gasteiger partial charge in [-0.2, -0.15) is 5.10 Å². The second-order valence-corrected chi connectivity index (χ2v) is 3.85. The van der Waals surface area contributed by atoms with E-state index in [4.69, 9.17) is 0 Å². The van der Waals surface area contributed by atoms with Crippen molar-refractivity contribution in [3.8, 4) is 0 Å². The summed E-state index contributed by atoms with van der Waals surface area (Å²) < 4.78 is 1.75. The Balaban J connectivity index is 1.93. The highest BCUT2D eigenvalue weighted by atomic mass is 16.3. The molecule has 0 radical (unpaired) electrons. The van der Waals surface area contributed by atoms with Crippen molar-refractivity contribution in [2.45, 2.75) is 18.8 Å². The lowest BCUT2D eigenvalue weighted by Gasteiger charge is -2.12. The van der Waals surface area contributed by atoms with Gasteiger partial charge in [0.15, 0.2) is 0 Å². The Bertz CT molecular complexity index is 303. The Morgan fingerprint density at radius 2 is 2.07 bits per heavy atom. The molecule has 2 atom stereocenters. The number of hydrogen-bond acceptors (Lipinski definition) is 4. The molecule has 1 saturated heterocycles. The zero-order valence-corrected chi connectivity index (χ0v) is 8.17. The largest absolute Gasteiger partial charge is 0.389 e. The van der Waals surface area contributed by atoms with Gasteiger partial charge in [0.05, 0.1) is 18.4 Å². The van der Waals surface area contributed by atoms with Crippen molar-refractivity contribution in [3.05, 3.63) is 18.0 Å². The fourth-order valence-corrected chi connectivity index (χ4v) is 1.79. The summed E-state index contributed by atoms with van der Waals surface area (Å²) in [6, 6.07) is 0. The minimum Gasteiger partial charge on any atom is -0.389 e. The van der Waals surface area contributed by atoms with Crippen molar-refractivity contribution in [2.24, 2.45) is 7.05 Å². The van der Waals surface area contributed by atoms with E-state index in [0.717, 1.165) is 12.1 Å². The fourth-order valence-electron chi connectivity index (χ4n) is 1.79. The van der Waals surface area contributed by atoms with Crippen molar-refractivity contribution < 1.29 is 10.2 Å². The minimum atomic E-state index is -0.605. The van der Waals surface area contributed by atoms with Gasteiger partial charge in [0.2, 0.25) is 0 Å². The first-order valence-electron chi connectivity index (χ1n) is 4.71. The van der Waals surface area contributed by atoms with E-state index in [1.165, 1.54) is 0 Å². The minimum absolute atomic E-state index is 0.538. The number of aromatic nitrogens is 2. The van der Waals surface area contributed by atoms with Gasteiger partial charge in [-0.05, 0) is 0 Å². The van der Waals surface area contributed by atoms with E-state index in [9.17, 15) is 10.2 Å². The van der Waals surface area contributed by atoms with E-state index in [0.29, 0.717) is 13.1 Å². The predicted octanol–water partition coefficient (Wildman–Crippen LogP) is -1.04. The van der Waals surface area contributed by atoms with Crippen molar-refractivity contribution >= 4 is 0 Å². The van der Waals surface area contributed by atoms with Gasteiger partial charge in [0.1, 0.15) is 0 Å². The molecule has 1 aliphatic rings. The molecule has 78 valence electrons. The summed E-state index contributed by atoms with van der Waals surface area (Å²) in [5.74, 6) is 0. The zero-order chi connectivity index (χ0) is 10.1. The molecule has 5 nitrogen and oxygen atoms in total. The molecule has 2 N–H and O–H groups in total. The van der Waals surface area contributed by atoms with Crippen LogP contribution in [0.5, 0.6) is 0 Å². The number of nitrogens with zero attached hydrogens (tertiary/aromatic N) is 3. The Kier molecular flexibility index (Phi) is 2.54. The van der Waals surface area contributed by atoms with Gasteiger partial charge in [-0.25, -0.2) is 0 Å². The smallest absolute Gasteiger partial charge is 0.0938 e. The number of aliphatic hydroxyl groups excluding tert-OH is 2. The first kappa shape index (κ1) is 9.64. The van der Waals surface area contributed by atoms with Crippen molar-refractivity contribution in [3.63, 3.8) is 0 Å². The van der Waals surface area contributed by atoms with Crippen LogP contribution in [0, 0.1) is 0 Å². The quantitative estimate of drug-likeness (QED) is 0.635. The Labute approximate surface area is 82.6 Å². The zero-order valence-electron chi connectivity index (χ0n) is 8.17. The van der Waals surface area contributed by atoms with E-state index in [1.54, 1.807) is 10.9 Å². The highest BCUT2D eigenvalue weighted by Gasteiger charge is 2.29. The predicted molar refractivity (Wildman–Crippen MR) is 50.5 cm³/mol. The molecule has 0 spiro atoms. The van der Waals surface area contributed by atoms with Crippen LogP contribution < -0.4 is 0 Å². The molecule has 0 amide bonds. The summed E-state index contributed by atoms with van der Waals surface area (Å²) >= 11 is 0. The van der Waals surface area contributed by atoms with E-state index in [-0.39, 0.29) is 0 Å². The van der Waals surface area contributed by atoms with E-state index >= 15 is 0 Å². The molecule has 1 aliphatic heterocycles. The van der Waals surface area contributed by atoms with Crippen LogP contribution in [-0.4, -0.2) is 50.2 Å². The van der Waals surface area contributed by atoms with Crippen LogP contribution in [0.25, 0.3) is 0 Å². The molecular weight excluding hydrogens is 182 g/mol. The second kappa shape index (κ2) is 3.68. The number of aliphatic hydroxyl groups is 2. The first-order chi connectivity index (χ1) is 6.65. The van der Waals surface area contributed by atoms with Crippen LogP contribution >= 0.6 is 0 Å². The number of likely N-dealkylation sites (tertiary alicyclic amines) is 1. The van der Waals surface area contributed by atoms with Gasteiger partial charge < -0.3 is 10.2 Å². The molecule has 1 fully saturated rings. The molecular formula is C9H15N3O2. The lowest BCUT2D eigenvalue weighted by molar-refractivity contribution is 0.0572. The van der Waals surface area contributed by atoms with E-state index in [1.807, 2.05) is 18.1 Å². The summed E-state index contributed by atoms with van der Waals surface area (Å²) in [5, 5.41) is 22.7. The van der Waals surface area contributed by atoms with E-state index in [2.05, 4.69) is 5.10 Å². The Hall–Kier alpha value is -0.910. The molecule has 0 saturated carbocycles. The summed E-state index contributed by atoms with van der Waals surface area (Å²) in [6.45, 7) is 1.81. The van der Waals surface area contributed by atoms with Gasteiger partial charge in [0, 0.05) is 38.4 Å². The van der Waals surface area contributed by atoms with E-state index < -0.39 is 12.2 Å². The maximum absolute atomic E-state index is 9.34. The lowest BCUT2D eigenvalue weighted by Crippen LogP contribution is -2.22. The summed E-state index contributed by atoms with van der Waals surface area (Å²) in [6.07, 6.45) is 2.53. The second-order valence-electron chi connectivity index (χ2n) is 3.85. The van der Waals surface area contributed by atoms with Crippen LogP contribution in [0.4, 0.5) is 0 Å². The molecule has 1 aromatic heterocycles. The topological polar surface area (TPSA) is 61.5 Å². The van der Waals surface area contributed by atoms with Crippen molar-refractivity contribution in [2.75, 3.05) is 13.1 Å². The number of hydrogen-bond donors (Lipinski definition) is 2. The maximum Gasteiger partial charge on any atom is 0.0938 e. The van der Waals surface area contributed by atoms with Crippen LogP contribution in [0.2, 0.25) is 0 Å². The third-order valence-corrected chi connectivity index (χ3v) is 2.50. The van der Waals surface area contributed by atoms with Gasteiger partial charge >= 0.3 is 0 Å². The molecule has 5 heteroatoms. The third-order valence-electron chi connectivity index (χ3n) is 2.50. The SMILES string of the molecule is Cn1cc(CN2C[C@@H](O)[C@@H](O)C2)cn1. The summed E-state index contributed by atoms with van der Waals surface area (Å²) in [5.41, 5.74) is 1.11. The molecule has 14 heavy (non-hydrogen) atoms. The van der Waals surface area contributed by atoms with Crippen LogP contribution in [0.15, 0.2) is 12.4 Å². The van der Waals surface area contributed by atoms with Crippen LogP contribution in [-0.2, 0) is 13.6 Å². The summed E-state index contributed by atoms with van der Waals surface area (Å²) in [7, 11) is 1.87. The summed E-state index contributed by atoms with van der Waals surface area (Å²) in [4.78, 5) is 2.02. The molecule has 0 unspecified atom stereocenters. The normalized spacial score (nSPS) is 28.5. The average molecular weight is 197 g/mol. The monoisotopic (exact) mass is 197 g/mol. The third kappa shape index (κ3) is 1.95. The number of aryl methyl sites for hydroxylation is 1. The fraction of sp³-hybridized carbons (Fsp3) is 0.667.